The fraction of sp³-hybridized carbons (Fsp3) is 0.250. The Hall–Kier alpha value is -2.99. The van der Waals surface area contributed by atoms with Gasteiger partial charge in [-0.1, -0.05) is 36.4 Å². The van der Waals surface area contributed by atoms with Crippen molar-refractivity contribution in [2.45, 2.75) is 33.4 Å². The number of benzene rings is 2. The Morgan fingerprint density at radius 3 is 2.50 bits per heavy atom. The zero-order valence-corrected chi connectivity index (χ0v) is 15.1. The standard InChI is InChI=1S/C20H22N4O2/c1-13-9-10-17(11-14(13)2)24-22-18(12-25)19(23-24)20(26)21-15(3)16-7-5-4-6-8-16/h4-11,15,25H,12H2,1-3H3,(H,21,26)/t15-/m0/s1. The number of nitrogens with one attached hydrogen (secondary N) is 1. The van der Waals surface area contributed by atoms with E-state index >= 15 is 0 Å². The van der Waals surface area contributed by atoms with E-state index in [9.17, 15) is 9.90 Å². The van der Waals surface area contributed by atoms with Gasteiger partial charge in [-0.3, -0.25) is 4.79 Å². The van der Waals surface area contributed by atoms with Gasteiger partial charge in [0.25, 0.3) is 5.91 Å². The third-order valence-corrected chi connectivity index (χ3v) is 4.42. The molecule has 0 bridgehead atoms. The van der Waals surface area contributed by atoms with Crippen molar-refractivity contribution in [1.29, 1.82) is 0 Å². The normalized spacial score (nSPS) is 12.0. The van der Waals surface area contributed by atoms with Crippen molar-refractivity contribution in [2.24, 2.45) is 0 Å². The summed E-state index contributed by atoms with van der Waals surface area (Å²) in [7, 11) is 0. The Labute approximate surface area is 152 Å². The number of amides is 1. The van der Waals surface area contributed by atoms with Crippen molar-refractivity contribution in [3.05, 3.63) is 76.6 Å². The monoisotopic (exact) mass is 350 g/mol. The van der Waals surface area contributed by atoms with Crippen LogP contribution in [0.5, 0.6) is 0 Å². The molecule has 26 heavy (non-hydrogen) atoms. The molecule has 0 saturated heterocycles. The highest BCUT2D eigenvalue weighted by molar-refractivity contribution is 5.93. The molecule has 0 fully saturated rings. The average molecular weight is 350 g/mol. The summed E-state index contributed by atoms with van der Waals surface area (Å²) in [6.45, 7) is 5.58. The highest BCUT2D eigenvalue weighted by Crippen LogP contribution is 2.16. The van der Waals surface area contributed by atoms with Gasteiger partial charge in [0.15, 0.2) is 5.69 Å². The molecule has 0 aliphatic rings. The van der Waals surface area contributed by atoms with Gasteiger partial charge in [-0.15, -0.1) is 10.2 Å². The summed E-state index contributed by atoms with van der Waals surface area (Å²) in [5.41, 5.74) is 4.40. The highest BCUT2D eigenvalue weighted by atomic mass is 16.3. The Morgan fingerprint density at radius 2 is 1.85 bits per heavy atom. The van der Waals surface area contributed by atoms with E-state index < -0.39 is 0 Å². The van der Waals surface area contributed by atoms with Crippen LogP contribution in [0.15, 0.2) is 48.5 Å². The van der Waals surface area contributed by atoms with Crippen LogP contribution in [0, 0.1) is 13.8 Å². The van der Waals surface area contributed by atoms with E-state index in [1.165, 1.54) is 4.80 Å². The molecule has 134 valence electrons. The van der Waals surface area contributed by atoms with Gasteiger partial charge in [0, 0.05) is 0 Å². The first-order chi connectivity index (χ1) is 12.5. The topological polar surface area (TPSA) is 80.0 Å². The lowest BCUT2D eigenvalue weighted by atomic mass is 10.1. The van der Waals surface area contributed by atoms with E-state index in [-0.39, 0.29) is 29.9 Å². The van der Waals surface area contributed by atoms with Crippen molar-refractivity contribution in [3.63, 3.8) is 0 Å². The number of nitrogens with zero attached hydrogens (tertiary/aromatic N) is 3. The minimum atomic E-state index is -0.361. The van der Waals surface area contributed by atoms with Crippen molar-refractivity contribution in [2.75, 3.05) is 0 Å². The summed E-state index contributed by atoms with van der Waals surface area (Å²) in [5, 5.41) is 21.1. The smallest absolute Gasteiger partial charge is 0.274 e. The summed E-state index contributed by atoms with van der Waals surface area (Å²) in [5.74, 6) is -0.361. The third-order valence-electron chi connectivity index (χ3n) is 4.42. The minimum absolute atomic E-state index is 0.133. The molecule has 2 N–H and O–H groups in total. The van der Waals surface area contributed by atoms with Crippen LogP contribution in [0.25, 0.3) is 5.69 Å². The van der Waals surface area contributed by atoms with Crippen LogP contribution >= 0.6 is 0 Å². The Kier molecular flexibility index (Phi) is 5.14. The number of aliphatic hydroxyl groups is 1. The molecule has 1 atom stereocenters. The molecule has 0 saturated carbocycles. The molecule has 0 unspecified atom stereocenters. The summed E-state index contributed by atoms with van der Waals surface area (Å²) >= 11 is 0. The SMILES string of the molecule is Cc1ccc(-n2nc(CO)c(C(=O)N[C@@H](C)c3ccccc3)n2)cc1C. The Balaban J connectivity index is 1.86. The first-order valence-corrected chi connectivity index (χ1v) is 8.50. The van der Waals surface area contributed by atoms with Crippen LogP contribution in [0.4, 0.5) is 0 Å². The second-order valence-electron chi connectivity index (χ2n) is 6.32. The van der Waals surface area contributed by atoms with Gasteiger partial charge in [0.2, 0.25) is 0 Å². The molecular weight excluding hydrogens is 328 g/mol. The molecule has 1 aromatic heterocycles. The third kappa shape index (κ3) is 3.65. The van der Waals surface area contributed by atoms with Gasteiger partial charge in [-0.05, 0) is 49.6 Å². The van der Waals surface area contributed by atoms with Gasteiger partial charge < -0.3 is 10.4 Å². The number of aliphatic hydroxyl groups excluding tert-OH is 1. The van der Waals surface area contributed by atoms with Crippen LogP contribution in [0.3, 0.4) is 0 Å². The van der Waals surface area contributed by atoms with Crippen molar-refractivity contribution >= 4 is 5.91 Å². The van der Waals surface area contributed by atoms with Gasteiger partial charge in [0.05, 0.1) is 18.3 Å². The molecule has 3 aromatic rings. The average Bonchev–Trinajstić information content (AvgIpc) is 3.09. The van der Waals surface area contributed by atoms with Crippen molar-refractivity contribution in [1.82, 2.24) is 20.3 Å². The van der Waals surface area contributed by atoms with Gasteiger partial charge in [-0.25, -0.2) is 0 Å². The summed E-state index contributed by atoms with van der Waals surface area (Å²) in [4.78, 5) is 14.0. The first kappa shape index (κ1) is 17.8. The van der Waals surface area contributed by atoms with E-state index in [0.717, 1.165) is 22.4 Å². The lowest BCUT2D eigenvalue weighted by Crippen LogP contribution is -2.28. The maximum Gasteiger partial charge on any atom is 0.274 e. The Bertz CT molecular complexity index is 919. The molecule has 1 amide bonds. The van der Waals surface area contributed by atoms with Crippen molar-refractivity contribution in [3.8, 4) is 5.69 Å². The van der Waals surface area contributed by atoms with E-state index in [1.807, 2.05) is 69.3 Å². The molecule has 0 aliphatic heterocycles. The second-order valence-corrected chi connectivity index (χ2v) is 6.32. The zero-order valence-electron chi connectivity index (χ0n) is 15.1. The molecule has 2 aromatic carbocycles. The molecule has 0 radical (unpaired) electrons. The molecule has 1 heterocycles. The highest BCUT2D eigenvalue weighted by Gasteiger charge is 2.20. The van der Waals surface area contributed by atoms with E-state index in [1.54, 1.807) is 0 Å². The predicted molar refractivity (Wildman–Crippen MR) is 99.1 cm³/mol. The first-order valence-electron chi connectivity index (χ1n) is 8.50. The van der Waals surface area contributed by atoms with Crippen LogP contribution in [0.2, 0.25) is 0 Å². The maximum absolute atomic E-state index is 12.6. The number of hydrogen-bond donors (Lipinski definition) is 2. The molecule has 3 rings (SSSR count). The van der Waals surface area contributed by atoms with Crippen LogP contribution in [-0.4, -0.2) is 26.0 Å². The zero-order chi connectivity index (χ0) is 18.7. The maximum atomic E-state index is 12.6. The minimum Gasteiger partial charge on any atom is -0.390 e. The van der Waals surface area contributed by atoms with Crippen LogP contribution < -0.4 is 5.32 Å². The molecule has 0 aliphatic carbocycles. The van der Waals surface area contributed by atoms with Gasteiger partial charge in [-0.2, -0.15) is 4.80 Å². The fourth-order valence-electron chi connectivity index (χ4n) is 2.67. The summed E-state index contributed by atoms with van der Waals surface area (Å²) in [6, 6.07) is 15.3. The Morgan fingerprint density at radius 1 is 1.12 bits per heavy atom. The van der Waals surface area contributed by atoms with E-state index in [2.05, 4.69) is 15.5 Å². The number of aromatic nitrogens is 3. The molecular formula is C20H22N4O2. The largest absolute Gasteiger partial charge is 0.390 e. The number of hydrogen-bond acceptors (Lipinski definition) is 4. The lowest BCUT2D eigenvalue weighted by molar-refractivity contribution is 0.0931. The summed E-state index contributed by atoms with van der Waals surface area (Å²) in [6.07, 6.45) is 0. The molecule has 6 nitrogen and oxygen atoms in total. The molecule has 0 spiro atoms. The number of aryl methyl sites for hydroxylation is 2. The quantitative estimate of drug-likeness (QED) is 0.741. The molecule has 6 heteroatoms. The van der Waals surface area contributed by atoms with Gasteiger partial charge >= 0.3 is 0 Å². The van der Waals surface area contributed by atoms with Crippen LogP contribution in [-0.2, 0) is 6.61 Å². The summed E-state index contributed by atoms with van der Waals surface area (Å²) < 4.78 is 0. The number of carbonyl (C=O) groups is 1. The van der Waals surface area contributed by atoms with Crippen molar-refractivity contribution < 1.29 is 9.90 Å². The van der Waals surface area contributed by atoms with Crippen LogP contribution in [0.1, 0.15) is 45.8 Å². The van der Waals surface area contributed by atoms with E-state index in [0.29, 0.717) is 0 Å². The van der Waals surface area contributed by atoms with Gasteiger partial charge in [0.1, 0.15) is 5.69 Å². The fourth-order valence-corrected chi connectivity index (χ4v) is 2.67. The number of rotatable bonds is 5. The predicted octanol–water partition coefficient (Wildman–Crippen LogP) is 2.87. The lowest BCUT2D eigenvalue weighted by Gasteiger charge is -2.13. The second kappa shape index (κ2) is 7.49. The van der Waals surface area contributed by atoms with E-state index in [4.69, 9.17) is 0 Å². The number of carbonyl (C=O) groups excluding carboxylic acids is 1.